The Balaban J connectivity index is 0.000000158. The Bertz CT molecular complexity index is 4590. The first-order valence-electron chi connectivity index (χ1n) is 35.2. The van der Waals surface area contributed by atoms with Crippen LogP contribution in [0.1, 0.15) is 156 Å². The number of nitro benzene ring substituents is 2. The van der Waals surface area contributed by atoms with E-state index in [9.17, 15) is 49.5 Å². The molecule has 16 N–H and O–H groups in total. The van der Waals surface area contributed by atoms with E-state index in [0.29, 0.717) is 40.1 Å². The zero-order valence-electron chi connectivity index (χ0n) is 61.1. The minimum absolute atomic E-state index is 0.00861. The van der Waals surface area contributed by atoms with Crippen molar-refractivity contribution in [3.63, 3.8) is 0 Å². The van der Waals surface area contributed by atoms with Crippen molar-refractivity contribution in [2.75, 3.05) is 81.5 Å². The van der Waals surface area contributed by atoms with E-state index in [0.717, 1.165) is 145 Å². The molecule has 0 aliphatic carbocycles. The zero-order chi connectivity index (χ0) is 75.4. The Kier molecular flexibility index (Phi) is 27.7. The van der Waals surface area contributed by atoms with Crippen molar-refractivity contribution in [1.82, 2.24) is 44.8 Å². The Hall–Kier alpha value is -8.65. The predicted octanol–water partition coefficient (Wildman–Crippen LogP) is 10.4. The van der Waals surface area contributed by atoms with Crippen LogP contribution in [0.5, 0.6) is 0 Å². The lowest BCUT2D eigenvalue weighted by atomic mass is 9.81. The Morgan fingerprint density at radius 3 is 1.50 bits per heavy atom. The number of nitrogens with two attached hydrogens (primary N) is 3. The van der Waals surface area contributed by atoms with Gasteiger partial charge < -0.3 is 72.8 Å². The average Bonchev–Trinajstić information content (AvgIpc) is 1.07. The summed E-state index contributed by atoms with van der Waals surface area (Å²) in [6, 6.07) is 25.4. The van der Waals surface area contributed by atoms with Gasteiger partial charge in [0.1, 0.15) is 5.69 Å². The highest BCUT2D eigenvalue weighted by atomic mass is 79.9. The third-order valence-electron chi connectivity index (χ3n) is 20.2. The second-order valence-corrected chi connectivity index (χ2v) is 28.4. The number of hydrogen-bond acceptors (Lipinski definition) is 21. The summed E-state index contributed by atoms with van der Waals surface area (Å²) in [5, 5.41) is 60.0. The summed E-state index contributed by atoms with van der Waals surface area (Å²) in [5.41, 5.74) is 32.4. The first-order chi connectivity index (χ1) is 48.8. The summed E-state index contributed by atoms with van der Waals surface area (Å²) in [7, 11) is 4.65. The molecule has 5 saturated heterocycles. The van der Waals surface area contributed by atoms with Crippen molar-refractivity contribution >= 4 is 99.0 Å². The number of likely N-dealkylation sites (tertiary alicyclic amines) is 3. The highest BCUT2D eigenvalue weighted by molar-refractivity contribution is 9.10. The van der Waals surface area contributed by atoms with Crippen LogP contribution in [0, 0.1) is 61.8 Å². The molecule has 0 amide bonds. The highest BCUT2D eigenvalue weighted by Crippen LogP contribution is 2.43. The van der Waals surface area contributed by atoms with Crippen LogP contribution in [0.2, 0.25) is 20.5 Å². The minimum atomic E-state index is -0.809. The van der Waals surface area contributed by atoms with Gasteiger partial charge in [-0.2, -0.15) is 0 Å². The van der Waals surface area contributed by atoms with Crippen molar-refractivity contribution in [2.24, 2.45) is 0 Å². The van der Waals surface area contributed by atoms with Crippen LogP contribution >= 0.6 is 15.9 Å². The van der Waals surface area contributed by atoms with Gasteiger partial charge in [0.25, 0.3) is 11.4 Å². The number of aromatic nitrogens is 4. The van der Waals surface area contributed by atoms with Crippen molar-refractivity contribution < 1.29 is 24.9 Å². The smallest absolute Gasteiger partial charge is 0.406 e. The molecular weight excluding hydrogens is 1380 g/mol. The number of anilines is 5. The number of nitrogens with one attached hydrogen (secondary N) is 7. The van der Waals surface area contributed by atoms with Crippen molar-refractivity contribution in [2.45, 2.75) is 156 Å². The summed E-state index contributed by atoms with van der Waals surface area (Å²) in [5.74, 6) is 0. The van der Waals surface area contributed by atoms with E-state index in [2.05, 4.69) is 111 Å². The van der Waals surface area contributed by atoms with Crippen molar-refractivity contribution in [3.05, 3.63) is 206 Å². The Morgan fingerprint density at radius 2 is 0.961 bits per heavy atom. The molecule has 31 heteroatoms. The fourth-order valence-electron chi connectivity index (χ4n) is 15.0. The minimum Gasteiger partial charge on any atom is -0.437 e. The first-order valence-corrected chi connectivity index (χ1v) is 36.0. The van der Waals surface area contributed by atoms with E-state index in [1.165, 1.54) is 47.2 Å². The van der Waals surface area contributed by atoms with E-state index < -0.39 is 53.2 Å². The molecule has 5 aliphatic heterocycles. The van der Waals surface area contributed by atoms with Gasteiger partial charge >= 0.3 is 43.4 Å². The number of rotatable bonds is 12. The first kappa shape index (κ1) is 80.0. The summed E-state index contributed by atoms with van der Waals surface area (Å²) in [4.78, 5) is 86.7. The molecule has 0 spiro atoms. The molecule has 8 aromatic rings. The molecule has 103 heavy (non-hydrogen) atoms. The summed E-state index contributed by atoms with van der Waals surface area (Å²) in [6.45, 7) is 22.1. The number of benzene rings is 6. The third kappa shape index (κ3) is 19.2. The van der Waals surface area contributed by atoms with Gasteiger partial charge in [-0.3, -0.25) is 54.1 Å². The van der Waals surface area contributed by atoms with Crippen molar-refractivity contribution in [3.8, 4) is 0 Å². The topological polar surface area (TPSA) is 406 Å². The zero-order valence-corrected chi connectivity index (χ0v) is 62.7. The number of aromatic amines is 4. The number of nitro groups is 2. The Labute approximate surface area is 609 Å². The van der Waals surface area contributed by atoms with Gasteiger partial charge in [0, 0.05) is 74.9 Å². The van der Waals surface area contributed by atoms with Gasteiger partial charge in [0.15, 0.2) is 0 Å². The monoisotopic (exact) mass is 1480 g/mol. The number of hydrogen-bond donors (Lipinski definition) is 13. The Morgan fingerprint density at radius 1 is 0.505 bits per heavy atom. The van der Waals surface area contributed by atoms with Crippen LogP contribution in [-0.2, 0) is 0 Å². The lowest BCUT2D eigenvalue weighted by molar-refractivity contribution is -0.385. The van der Waals surface area contributed by atoms with Gasteiger partial charge in [-0.1, -0.05) is 42.5 Å². The van der Waals surface area contributed by atoms with Crippen LogP contribution < -0.4 is 55.2 Å². The molecular formula is C72H100B3BrN16O11. The van der Waals surface area contributed by atoms with Crippen LogP contribution in [0.25, 0.3) is 22.1 Å². The standard InChI is InChI=1S/C14H16N4O4.C14H17N3O2.C13H22B2N2O2.C12H19N3.C11H15N3O2.C8H11BBrNO/c1-7-10(18(21)22)6-8-12(16-14(20)13(19)15-8)11(7)9-4-3-5-17(9)2;1-8-5-6-9-12(16-14(19)13(18)15-9)11(8)10-4-3-7-17(10)2;1-10-6-4-7-11(16-14(2)18)13(10)12-8-5-9-17(12)15(3)19;1-8-5-6-9(13)12(14)11(8)10-4-3-7-15(10)2;1-7-4-5-9(14(15)16)11(12)10(7)8-3-2-6-13-8;1-6-4-3-5-7(8(6)10)11-9(2)12/h6,9H,3-5H2,1-2H3,(H,15,19)(H,16,20);5-6,10H,3-4,7H2,1-2H3,(H,15,18)(H,16,19);4,6-7,12,16,18-19H,5,8-9H2,1-3H3;5-6,10H,3-4,7,13-14H2,1-2H3;4-5,8,13H,2-3,6,12H2,1H3;3-5,11-12H,1-2H3. The molecule has 13 rings (SSSR count). The van der Waals surface area contributed by atoms with Crippen LogP contribution in [0.15, 0.2) is 103 Å². The van der Waals surface area contributed by atoms with Crippen LogP contribution in [0.3, 0.4) is 0 Å². The SMILES string of the molecule is CB(O)Nc1cccc(C)c1Br.CB(O)Nc1cccc(C)c1C1CCCN1B(C)O.Cc1c([N+](=O)[O-])cc2[nH]c(=O)c(=O)[nH]c2c1C1CCCN1C.Cc1ccc(N)c(N)c1C1CCCN1C.Cc1ccc([N+](=O)[O-])c(N)c1C1CCCN1.Cc1ccc2[nH]c(=O)c(=O)[nH]c2c1C1CCCN1C. The quantitative estimate of drug-likeness (QED) is 0.0178. The number of nitrogen functional groups attached to an aromatic ring is 3. The number of aryl methyl sites for hydroxylation is 5. The summed E-state index contributed by atoms with van der Waals surface area (Å²) >= 11 is 3.44. The fraction of sp³-hybridized carbons (Fsp3) is 0.444. The molecule has 5 unspecified atom stereocenters. The van der Waals surface area contributed by atoms with Gasteiger partial charge in [-0.25, -0.2) is 0 Å². The largest absolute Gasteiger partial charge is 0.437 e. The maximum Gasteiger partial charge on any atom is 0.406 e. The van der Waals surface area contributed by atoms with E-state index >= 15 is 0 Å². The maximum atomic E-state index is 11.7. The summed E-state index contributed by atoms with van der Waals surface area (Å²) < 4.78 is 1.01. The van der Waals surface area contributed by atoms with Gasteiger partial charge in [-0.05, 0) is 265 Å². The second kappa shape index (κ2) is 35.7. The highest BCUT2D eigenvalue weighted by Gasteiger charge is 2.35. The lowest BCUT2D eigenvalue weighted by Gasteiger charge is -2.29. The van der Waals surface area contributed by atoms with E-state index in [4.69, 9.17) is 22.2 Å². The molecule has 5 fully saturated rings. The number of fused-ring (bicyclic) bond motifs is 2. The number of H-pyrrole nitrogens is 4. The van der Waals surface area contributed by atoms with E-state index in [1.54, 1.807) is 26.6 Å². The molecule has 7 heterocycles. The molecule has 550 valence electrons. The van der Waals surface area contributed by atoms with E-state index in [1.807, 2.05) is 83.2 Å². The number of nitrogens with zero attached hydrogens (tertiary/aromatic N) is 6. The van der Waals surface area contributed by atoms with E-state index in [-0.39, 0.29) is 35.0 Å². The van der Waals surface area contributed by atoms with Gasteiger partial charge in [0.2, 0.25) is 0 Å². The van der Waals surface area contributed by atoms with Gasteiger partial charge in [-0.15, -0.1) is 0 Å². The molecule has 0 bridgehead atoms. The predicted molar refractivity (Wildman–Crippen MR) is 420 cm³/mol. The normalized spacial score (nSPS) is 18.8. The molecule has 27 nitrogen and oxygen atoms in total. The lowest BCUT2D eigenvalue weighted by Crippen LogP contribution is -2.37. The second-order valence-electron chi connectivity index (χ2n) is 27.6. The maximum absolute atomic E-state index is 11.7. The average molecular weight is 1480 g/mol. The number of halogens is 1. The van der Waals surface area contributed by atoms with Crippen molar-refractivity contribution in [1.29, 1.82) is 0 Å². The molecule has 5 aliphatic rings. The molecule has 5 atom stereocenters. The molecule has 0 radical (unpaired) electrons. The summed E-state index contributed by atoms with van der Waals surface area (Å²) in [6.07, 6.45) is 10.7. The van der Waals surface area contributed by atoms with Crippen LogP contribution in [-0.4, -0.2) is 139 Å². The molecule has 6 aromatic carbocycles. The van der Waals surface area contributed by atoms with Gasteiger partial charge in [0.05, 0.1) is 43.3 Å². The van der Waals surface area contributed by atoms with Crippen LogP contribution in [0.4, 0.5) is 39.8 Å². The molecule has 0 saturated carbocycles. The molecule has 2 aromatic heterocycles. The fourth-order valence-corrected chi connectivity index (χ4v) is 15.4. The third-order valence-corrected chi connectivity index (χ3v) is 21.2.